The molecule has 0 aromatic carbocycles. The highest BCUT2D eigenvalue weighted by Crippen LogP contribution is 2.27. The number of ether oxygens (including phenoxy) is 1. The summed E-state index contributed by atoms with van der Waals surface area (Å²) >= 11 is 0. The van der Waals surface area contributed by atoms with Crippen LogP contribution in [-0.2, 0) is 14.8 Å². The Bertz CT molecular complexity index is 605. The molecule has 0 radical (unpaired) electrons. The van der Waals surface area contributed by atoms with E-state index in [1.165, 1.54) is 13.5 Å². The molecule has 2 rings (SSSR count). The lowest BCUT2D eigenvalue weighted by molar-refractivity contribution is 0.0600. The van der Waals surface area contributed by atoms with Crippen LogP contribution in [0.5, 0.6) is 0 Å². The van der Waals surface area contributed by atoms with Crippen LogP contribution in [0.4, 0.5) is 0 Å². The van der Waals surface area contributed by atoms with E-state index >= 15 is 0 Å². The van der Waals surface area contributed by atoms with Crippen LogP contribution in [0, 0.1) is 5.92 Å². The minimum Gasteiger partial charge on any atom is -0.465 e. The molecule has 7 nitrogen and oxygen atoms in total. The molecule has 1 unspecified atom stereocenters. The predicted molar refractivity (Wildman–Crippen MR) is 79.8 cm³/mol. The summed E-state index contributed by atoms with van der Waals surface area (Å²) in [4.78, 5) is 11.4. The highest BCUT2D eigenvalue weighted by Gasteiger charge is 2.29. The molecule has 0 amide bonds. The summed E-state index contributed by atoms with van der Waals surface area (Å²) in [5, 5.41) is -0.304. The van der Waals surface area contributed by atoms with Gasteiger partial charge < -0.3 is 14.9 Å². The molecule has 0 bridgehead atoms. The van der Waals surface area contributed by atoms with Crippen molar-refractivity contribution in [3.05, 3.63) is 17.9 Å². The fraction of sp³-hybridized carbons (Fsp3) is 0.643. The van der Waals surface area contributed by atoms with Crippen LogP contribution in [-0.4, -0.2) is 34.1 Å². The zero-order valence-corrected chi connectivity index (χ0v) is 13.4. The zero-order chi connectivity index (χ0) is 16.2. The van der Waals surface area contributed by atoms with Crippen molar-refractivity contribution >= 4 is 16.0 Å². The van der Waals surface area contributed by atoms with Crippen molar-refractivity contribution in [2.45, 2.75) is 43.2 Å². The molecule has 1 aliphatic carbocycles. The number of sulfonamides is 1. The Morgan fingerprint density at radius 2 is 2.14 bits per heavy atom. The van der Waals surface area contributed by atoms with Gasteiger partial charge in [-0.2, -0.15) is 0 Å². The van der Waals surface area contributed by atoms with Gasteiger partial charge >= 0.3 is 5.97 Å². The fourth-order valence-corrected chi connectivity index (χ4v) is 4.07. The predicted octanol–water partition coefficient (Wildman–Crippen LogP) is 1.25. The SMILES string of the molecule is COC(=O)c1coc(S(=O)(=O)NC(CN)C2CCCCC2)c1. The Labute approximate surface area is 130 Å². The molecule has 1 saturated carbocycles. The first kappa shape index (κ1) is 17.0. The molecule has 8 heteroatoms. The van der Waals surface area contributed by atoms with Crippen molar-refractivity contribution in [3.8, 4) is 0 Å². The maximum absolute atomic E-state index is 12.4. The summed E-state index contributed by atoms with van der Waals surface area (Å²) in [7, 11) is -2.63. The Kier molecular flexibility index (Phi) is 5.60. The van der Waals surface area contributed by atoms with Gasteiger partial charge in [0.05, 0.1) is 12.7 Å². The second-order valence-corrected chi connectivity index (χ2v) is 7.15. The molecule has 1 aromatic heterocycles. The third-order valence-electron chi connectivity index (χ3n) is 4.04. The van der Waals surface area contributed by atoms with Crippen molar-refractivity contribution in [3.63, 3.8) is 0 Å². The molecule has 1 heterocycles. The van der Waals surface area contributed by atoms with Gasteiger partial charge in [0.1, 0.15) is 6.26 Å². The van der Waals surface area contributed by atoms with Gasteiger partial charge in [0.2, 0.25) is 5.09 Å². The largest absolute Gasteiger partial charge is 0.465 e. The van der Waals surface area contributed by atoms with Gasteiger partial charge in [-0.3, -0.25) is 0 Å². The zero-order valence-electron chi connectivity index (χ0n) is 12.6. The first-order valence-corrected chi connectivity index (χ1v) is 8.85. The Morgan fingerprint density at radius 1 is 1.45 bits per heavy atom. The molecule has 22 heavy (non-hydrogen) atoms. The maximum Gasteiger partial charge on any atom is 0.341 e. The van der Waals surface area contributed by atoms with Crippen LogP contribution in [0.2, 0.25) is 0 Å². The number of furan rings is 1. The van der Waals surface area contributed by atoms with Gasteiger partial charge in [-0.05, 0) is 18.8 Å². The van der Waals surface area contributed by atoms with E-state index in [-0.39, 0.29) is 29.2 Å². The van der Waals surface area contributed by atoms with Gasteiger partial charge in [0.25, 0.3) is 10.0 Å². The van der Waals surface area contributed by atoms with Gasteiger partial charge in [-0.1, -0.05) is 19.3 Å². The summed E-state index contributed by atoms with van der Waals surface area (Å²) in [6.45, 7) is 0.231. The Hall–Kier alpha value is -1.38. The number of hydrogen-bond donors (Lipinski definition) is 2. The lowest BCUT2D eigenvalue weighted by Gasteiger charge is -2.29. The summed E-state index contributed by atoms with van der Waals surface area (Å²) in [5.74, 6) is -0.406. The van der Waals surface area contributed by atoms with Crippen molar-refractivity contribution in [1.29, 1.82) is 0 Å². The van der Waals surface area contributed by atoms with Crippen molar-refractivity contribution in [1.82, 2.24) is 4.72 Å². The van der Waals surface area contributed by atoms with Crippen LogP contribution in [0.25, 0.3) is 0 Å². The van der Waals surface area contributed by atoms with Crippen LogP contribution < -0.4 is 10.5 Å². The average Bonchev–Trinajstić information content (AvgIpc) is 3.03. The van der Waals surface area contributed by atoms with Gasteiger partial charge in [0.15, 0.2) is 0 Å². The van der Waals surface area contributed by atoms with Gasteiger partial charge in [0, 0.05) is 18.7 Å². The van der Waals surface area contributed by atoms with E-state index in [9.17, 15) is 13.2 Å². The maximum atomic E-state index is 12.4. The standard InChI is InChI=1S/C14H22N2O5S/c1-20-14(17)11-7-13(21-9-11)22(18,19)16-12(8-15)10-5-3-2-4-6-10/h7,9-10,12,16H,2-6,8,15H2,1H3. The van der Waals surface area contributed by atoms with Crippen molar-refractivity contribution < 1.29 is 22.4 Å². The van der Waals surface area contributed by atoms with Crippen LogP contribution in [0.1, 0.15) is 42.5 Å². The number of carbonyl (C=O) groups excluding carboxylic acids is 1. The van der Waals surface area contributed by atoms with Crippen LogP contribution in [0.3, 0.4) is 0 Å². The van der Waals surface area contributed by atoms with E-state index in [0.29, 0.717) is 0 Å². The monoisotopic (exact) mass is 330 g/mol. The Morgan fingerprint density at radius 3 is 2.73 bits per heavy atom. The molecule has 1 atom stereocenters. The summed E-state index contributed by atoms with van der Waals surface area (Å²) in [6, 6.07) is 0.833. The third kappa shape index (κ3) is 3.88. The molecular weight excluding hydrogens is 308 g/mol. The molecule has 1 aliphatic rings. The summed E-state index contributed by atoms with van der Waals surface area (Å²) in [5.41, 5.74) is 5.79. The van der Waals surface area contributed by atoms with Crippen LogP contribution in [0.15, 0.2) is 21.8 Å². The molecule has 1 fully saturated rings. The van der Waals surface area contributed by atoms with E-state index < -0.39 is 16.0 Å². The smallest absolute Gasteiger partial charge is 0.341 e. The highest BCUT2D eigenvalue weighted by molar-refractivity contribution is 7.89. The number of carbonyl (C=O) groups is 1. The molecule has 0 spiro atoms. The lowest BCUT2D eigenvalue weighted by Crippen LogP contribution is -2.45. The van der Waals surface area contributed by atoms with Gasteiger partial charge in [-0.15, -0.1) is 0 Å². The normalized spacial score (nSPS) is 18.1. The second-order valence-electron chi connectivity index (χ2n) is 5.51. The van der Waals surface area contributed by atoms with E-state index in [2.05, 4.69) is 9.46 Å². The summed E-state index contributed by atoms with van der Waals surface area (Å²) < 4.78 is 36.8. The molecule has 124 valence electrons. The topological polar surface area (TPSA) is 112 Å². The van der Waals surface area contributed by atoms with Crippen molar-refractivity contribution in [2.75, 3.05) is 13.7 Å². The minimum absolute atomic E-state index is 0.0600. The van der Waals surface area contributed by atoms with Crippen molar-refractivity contribution in [2.24, 2.45) is 11.7 Å². The van der Waals surface area contributed by atoms with Crippen LogP contribution >= 0.6 is 0 Å². The van der Waals surface area contributed by atoms with E-state index in [0.717, 1.165) is 38.0 Å². The van der Waals surface area contributed by atoms with Gasteiger partial charge in [-0.25, -0.2) is 17.9 Å². The quantitative estimate of drug-likeness (QED) is 0.759. The second kappa shape index (κ2) is 7.26. The number of esters is 1. The van der Waals surface area contributed by atoms with E-state index in [1.807, 2.05) is 0 Å². The molecule has 0 aliphatic heterocycles. The summed E-state index contributed by atoms with van der Waals surface area (Å²) in [6.07, 6.45) is 6.37. The Balaban J connectivity index is 2.11. The minimum atomic E-state index is -3.85. The molecule has 0 saturated heterocycles. The van der Waals surface area contributed by atoms with E-state index in [4.69, 9.17) is 10.2 Å². The number of hydrogen-bond acceptors (Lipinski definition) is 6. The highest BCUT2D eigenvalue weighted by atomic mass is 32.2. The molecular formula is C14H22N2O5S. The lowest BCUT2D eigenvalue weighted by atomic mass is 9.84. The number of rotatable bonds is 6. The first-order chi connectivity index (χ1) is 10.5. The number of methoxy groups -OCH3 is 1. The first-order valence-electron chi connectivity index (χ1n) is 7.37. The molecule has 1 aromatic rings. The van der Waals surface area contributed by atoms with E-state index in [1.54, 1.807) is 0 Å². The number of nitrogens with one attached hydrogen (secondary N) is 1. The fourth-order valence-electron chi connectivity index (χ4n) is 2.81. The third-order valence-corrected chi connectivity index (χ3v) is 5.40. The number of nitrogens with two attached hydrogens (primary N) is 1. The molecule has 3 N–H and O–H groups in total. The average molecular weight is 330 g/mol.